The van der Waals surface area contributed by atoms with Crippen molar-refractivity contribution >= 4 is 29.0 Å². The van der Waals surface area contributed by atoms with E-state index < -0.39 is 17.4 Å². The summed E-state index contributed by atoms with van der Waals surface area (Å²) in [4.78, 5) is 0. The van der Waals surface area contributed by atoms with Gasteiger partial charge in [0.1, 0.15) is 5.75 Å². The summed E-state index contributed by atoms with van der Waals surface area (Å²) in [5.41, 5.74) is 2.68. The number of aryl methyl sites for hydroxylation is 1. The van der Waals surface area contributed by atoms with Gasteiger partial charge in [0.2, 0.25) is 0 Å². The maximum atomic E-state index is 5.95. The van der Waals surface area contributed by atoms with Crippen molar-refractivity contribution in [3.05, 3.63) is 29.3 Å². The van der Waals surface area contributed by atoms with E-state index in [1.165, 1.54) is 5.56 Å². The molecule has 0 saturated heterocycles. The van der Waals surface area contributed by atoms with Crippen LogP contribution in [0.3, 0.4) is 0 Å². The van der Waals surface area contributed by atoms with Crippen LogP contribution in [-0.4, -0.2) is 44.2 Å². The molecule has 1 unspecified atom stereocenters. The first-order chi connectivity index (χ1) is 10.5. The molecule has 0 bridgehead atoms. The molecule has 1 aromatic carbocycles. The largest absolute Gasteiger partial charge is 0.519 e. The second-order valence-corrected chi connectivity index (χ2v) is 12.3. The van der Waals surface area contributed by atoms with Gasteiger partial charge < -0.3 is 22.1 Å². The van der Waals surface area contributed by atoms with Gasteiger partial charge in [0.25, 0.3) is 0 Å². The van der Waals surface area contributed by atoms with Gasteiger partial charge in [-0.25, -0.2) is 0 Å². The van der Waals surface area contributed by atoms with Crippen molar-refractivity contribution in [3.8, 4) is 5.75 Å². The summed E-state index contributed by atoms with van der Waals surface area (Å²) in [6, 6.07) is 6.90. The highest BCUT2D eigenvalue weighted by molar-refractivity contribution is 6.74. The molecule has 0 radical (unpaired) electrons. The molecule has 1 heterocycles. The molecule has 124 valence electrons. The van der Waals surface area contributed by atoms with Crippen molar-refractivity contribution in [2.24, 2.45) is 0 Å². The lowest BCUT2D eigenvalue weighted by Crippen LogP contribution is -2.47. The van der Waals surface area contributed by atoms with Crippen LogP contribution in [0.15, 0.2) is 18.2 Å². The van der Waals surface area contributed by atoms with Crippen LogP contribution in [0.5, 0.6) is 5.75 Å². The number of alkyl halides is 1. The zero-order valence-electron chi connectivity index (χ0n) is 13.5. The lowest BCUT2D eigenvalue weighted by atomic mass is 10.1. The van der Waals surface area contributed by atoms with Gasteiger partial charge >= 0.3 is 17.4 Å². The monoisotopic (exact) mass is 362 g/mol. The van der Waals surface area contributed by atoms with E-state index in [1.54, 1.807) is 21.3 Å². The third kappa shape index (κ3) is 3.91. The van der Waals surface area contributed by atoms with Crippen LogP contribution < -0.4 is 4.43 Å². The lowest BCUT2D eigenvalue weighted by molar-refractivity contribution is 0.123. The molecule has 0 saturated carbocycles. The van der Waals surface area contributed by atoms with E-state index in [-0.39, 0.29) is 0 Å². The van der Waals surface area contributed by atoms with E-state index in [1.807, 2.05) is 12.6 Å². The Bertz CT molecular complexity index is 504. The molecule has 1 atom stereocenters. The summed E-state index contributed by atoms with van der Waals surface area (Å²) in [5, 5.41) is 0. The maximum Gasteiger partial charge on any atom is 0.500 e. The molecule has 8 heteroatoms. The Morgan fingerprint density at radius 3 is 2.50 bits per heavy atom. The predicted octanol–water partition coefficient (Wildman–Crippen LogP) is 2.87. The van der Waals surface area contributed by atoms with Crippen molar-refractivity contribution in [1.82, 2.24) is 0 Å². The van der Waals surface area contributed by atoms with Crippen molar-refractivity contribution in [2.75, 3.05) is 26.8 Å². The van der Waals surface area contributed by atoms with E-state index in [0.29, 0.717) is 12.1 Å². The number of hydrogen-bond acceptors (Lipinski definition) is 5. The van der Waals surface area contributed by atoms with Crippen molar-refractivity contribution < 1.29 is 22.1 Å². The van der Waals surface area contributed by atoms with Crippen LogP contribution in [0.25, 0.3) is 0 Å². The molecular formula is C14H23ClO5Si2. The molecular weight excluding hydrogens is 340 g/mol. The molecule has 22 heavy (non-hydrogen) atoms. The van der Waals surface area contributed by atoms with Gasteiger partial charge in [0, 0.05) is 32.9 Å². The quantitative estimate of drug-likeness (QED) is 0.551. The molecule has 0 spiro atoms. The topological polar surface area (TPSA) is 46.2 Å². The molecule has 0 N–H and O–H groups in total. The minimum absolute atomic E-state index is 0.428. The van der Waals surface area contributed by atoms with Gasteiger partial charge in [-0.3, -0.25) is 0 Å². The van der Waals surface area contributed by atoms with E-state index in [0.717, 1.165) is 23.8 Å². The standard InChI is InChI=1S/C14H23ClO5Si2/c1-16-22(17-2,18-3)8-7-12-5-6-14-13(9-12)10-19-21(4,11-15)20-14/h5-6,9H,7-8,10-11H2,1-4H3. The van der Waals surface area contributed by atoms with Gasteiger partial charge in [-0.2, -0.15) is 0 Å². The second kappa shape index (κ2) is 7.44. The fourth-order valence-corrected chi connectivity index (χ4v) is 5.83. The first kappa shape index (κ1) is 17.9. The summed E-state index contributed by atoms with van der Waals surface area (Å²) >= 11 is 5.94. The normalized spacial score (nSPS) is 21.3. The minimum atomic E-state index is -2.54. The number of hydrogen-bond donors (Lipinski definition) is 0. The molecule has 0 fully saturated rings. The first-order valence-electron chi connectivity index (χ1n) is 7.16. The number of fused-ring (bicyclic) bond motifs is 1. The number of rotatable bonds is 7. The number of benzene rings is 1. The lowest BCUT2D eigenvalue weighted by Gasteiger charge is -2.32. The number of halogens is 1. The molecule has 0 aromatic heterocycles. The Kier molecular flexibility index (Phi) is 6.06. The molecule has 1 aliphatic heterocycles. The first-order valence-corrected chi connectivity index (χ1v) is 12.1. The Morgan fingerprint density at radius 1 is 1.23 bits per heavy atom. The summed E-state index contributed by atoms with van der Waals surface area (Å²) in [7, 11) is 0.121. The van der Waals surface area contributed by atoms with Gasteiger partial charge in [-0.15, -0.1) is 11.6 Å². The molecule has 1 aromatic rings. The predicted molar refractivity (Wildman–Crippen MR) is 89.5 cm³/mol. The summed E-state index contributed by atoms with van der Waals surface area (Å²) in [6.45, 7) is 2.53. The van der Waals surface area contributed by atoms with Crippen LogP contribution in [-0.2, 0) is 30.7 Å². The van der Waals surface area contributed by atoms with Gasteiger partial charge in [-0.1, -0.05) is 6.07 Å². The van der Waals surface area contributed by atoms with Crippen molar-refractivity contribution in [2.45, 2.75) is 25.6 Å². The summed E-state index contributed by atoms with van der Waals surface area (Å²) < 4.78 is 28.1. The van der Waals surface area contributed by atoms with Crippen molar-refractivity contribution in [1.29, 1.82) is 0 Å². The Labute approximate surface area is 139 Å². The van der Waals surface area contributed by atoms with Crippen LogP contribution in [0.2, 0.25) is 12.6 Å². The van der Waals surface area contributed by atoms with Crippen LogP contribution >= 0.6 is 11.6 Å². The Hall–Kier alpha value is -0.416. The molecule has 1 aliphatic rings. The average molecular weight is 363 g/mol. The summed E-state index contributed by atoms with van der Waals surface area (Å²) in [5.74, 6) is 0.888. The second-order valence-electron chi connectivity index (χ2n) is 5.40. The SMILES string of the molecule is CO[Si](CCc1ccc2c(c1)CO[Si](C)(CCl)O2)(OC)OC. The Morgan fingerprint density at radius 2 is 1.91 bits per heavy atom. The van der Waals surface area contributed by atoms with E-state index >= 15 is 0 Å². The van der Waals surface area contributed by atoms with E-state index in [2.05, 4.69) is 12.1 Å². The van der Waals surface area contributed by atoms with Gasteiger partial charge in [0.15, 0.2) is 0 Å². The molecule has 0 aliphatic carbocycles. The van der Waals surface area contributed by atoms with Crippen LogP contribution in [0, 0.1) is 0 Å². The van der Waals surface area contributed by atoms with Crippen molar-refractivity contribution in [3.63, 3.8) is 0 Å². The highest BCUT2D eigenvalue weighted by atomic mass is 35.5. The maximum absolute atomic E-state index is 5.95. The van der Waals surface area contributed by atoms with Crippen LogP contribution in [0.4, 0.5) is 0 Å². The zero-order chi connectivity index (χ0) is 16.2. The van der Waals surface area contributed by atoms with Gasteiger partial charge in [0.05, 0.1) is 12.1 Å². The third-order valence-electron chi connectivity index (χ3n) is 3.88. The van der Waals surface area contributed by atoms with E-state index in [9.17, 15) is 0 Å². The highest BCUT2D eigenvalue weighted by Crippen LogP contribution is 2.31. The average Bonchev–Trinajstić information content (AvgIpc) is 2.57. The third-order valence-corrected chi connectivity index (χ3v) is 9.96. The Balaban J connectivity index is 2.07. The van der Waals surface area contributed by atoms with E-state index in [4.69, 9.17) is 33.7 Å². The highest BCUT2D eigenvalue weighted by Gasteiger charge is 2.38. The molecule has 0 amide bonds. The summed E-state index contributed by atoms with van der Waals surface area (Å²) in [6.07, 6.45) is 0.819. The van der Waals surface area contributed by atoms with Crippen LogP contribution in [0.1, 0.15) is 11.1 Å². The fraction of sp³-hybridized carbons (Fsp3) is 0.571. The minimum Gasteiger partial charge on any atom is -0.519 e. The molecule has 2 rings (SSSR count). The molecule has 5 nitrogen and oxygen atoms in total. The van der Waals surface area contributed by atoms with Gasteiger partial charge in [-0.05, 0) is 30.7 Å². The zero-order valence-corrected chi connectivity index (χ0v) is 16.2. The fourth-order valence-electron chi connectivity index (χ4n) is 2.41. The smallest absolute Gasteiger partial charge is 0.500 e.